The van der Waals surface area contributed by atoms with Crippen molar-refractivity contribution < 1.29 is 9.53 Å². The maximum atomic E-state index is 12.3. The van der Waals surface area contributed by atoms with Crippen LogP contribution in [0.2, 0.25) is 0 Å². The summed E-state index contributed by atoms with van der Waals surface area (Å²) in [6.07, 6.45) is 0. The Hall–Kier alpha value is -2.12. The molecule has 0 N–H and O–H groups in total. The minimum Gasteiger partial charge on any atom is -0.497 e. The van der Waals surface area contributed by atoms with Crippen molar-refractivity contribution >= 4 is 28.9 Å². The van der Waals surface area contributed by atoms with Gasteiger partial charge < -0.3 is 9.30 Å². The molecule has 1 aromatic carbocycles. The number of ketones is 1. The van der Waals surface area contributed by atoms with Crippen LogP contribution in [0.25, 0.3) is 10.7 Å². The average molecular weight is 359 g/mol. The normalized spacial score (nSPS) is 10.8. The lowest BCUT2D eigenvalue weighted by Crippen LogP contribution is -2.05. The molecule has 5 nitrogen and oxygen atoms in total. The number of carbonyl (C=O) groups is 1. The van der Waals surface area contributed by atoms with Gasteiger partial charge in [-0.25, -0.2) is 0 Å². The van der Waals surface area contributed by atoms with E-state index >= 15 is 0 Å². The average Bonchev–Trinajstić information content (AvgIpc) is 3.28. The van der Waals surface area contributed by atoms with Crippen molar-refractivity contribution in [2.45, 2.75) is 18.6 Å². The van der Waals surface area contributed by atoms with E-state index in [0.29, 0.717) is 11.3 Å². The number of ether oxygens (including phenoxy) is 1. The molecule has 0 aliphatic heterocycles. The van der Waals surface area contributed by atoms with E-state index in [1.807, 2.05) is 22.1 Å². The first kappa shape index (κ1) is 16.7. The van der Waals surface area contributed by atoms with Crippen molar-refractivity contribution in [1.29, 1.82) is 0 Å². The third-order valence-electron chi connectivity index (χ3n) is 3.52. The van der Waals surface area contributed by atoms with Gasteiger partial charge in [-0.3, -0.25) is 4.79 Å². The van der Waals surface area contributed by atoms with Crippen LogP contribution in [0.3, 0.4) is 0 Å². The van der Waals surface area contributed by atoms with E-state index in [1.165, 1.54) is 11.8 Å². The zero-order chi connectivity index (χ0) is 16.9. The number of nitrogens with zero attached hydrogens (tertiary/aromatic N) is 3. The first-order chi connectivity index (χ1) is 11.7. The topological polar surface area (TPSA) is 57.0 Å². The van der Waals surface area contributed by atoms with Crippen molar-refractivity contribution in [3.63, 3.8) is 0 Å². The van der Waals surface area contributed by atoms with Crippen molar-refractivity contribution in [1.82, 2.24) is 14.8 Å². The fourth-order valence-corrected chi connectivity index (χ4v) is 3.87. The van der Waals surface area contributed by atoms with Crippen LogP contribution in [0.5, 0.6) is 5.75 Å². The number of thiophene rings is 1. The minimum absolute atomic E-state index is 0.0611. The number of carbonyl (C=O) groups excluding carboxylic acids is 1. The molecule has 0 fully saturated rings. The first-order valence-electron chi connectivity index (χ1n) is 7.50. The number of hydrogen-bond donors (Lipinski definition) is 0. The van der Waals surface area contributed by atoms with Crippen LogP contribution in [-0.2, 0) is 6.54 Å². The van der Waals surface area contributed by atoms with Crippen LogP contribution in [0.4, 0.5) is 0 Å². The summed E-state index contributed by atoms with van der Waals surface area (Å²) in [4.78, 5) is 13.4. The van der Waals surface area contributed by atoms with Crippen LogP contribution in [0, 0.1) is 0 Å². The highest BCUT2D eigenvalue weighted by atomic mass is 32.2. The highest BCUT2D eigenvalue weighted by Gasteiger charge is 2.15. The van der Waals surface area contributed by atoms with Gasteiger partial charge in [-0.05, 0) is 42.6 Å². The summed E-state index contributed by atoms with van der Waals surface area (Å²) in [5.41, 5.74) is 0.671. The molecule has 7 heteroatoms. The van der Waals surface area contributed by atoms with Gasteiger partial charge in [0.1, 0.15) is 5.75 Å². The van der Waals surface area contributed by atoms with Gasteiger partial charge in [0.05, 0.1) is 17.7 Å². The van der Waals surface area contributed by atoms with E-state index in [-0.39, 0.29) is 5.78 Å². The summed E-state index contributed by atoms with van der Waals surface area (Å²) < 4.78 is 7.15. The quantitative estimate of drug-likeness (QED) is 0.471. The number of hydrogen-bond acceptors (Lipinski definition) is 6. The Kier molecular flexibility index (Phi) is 5.32. The highest BCUT2D eigenvalue weighted by molar-refractivity contribution is 7.99. The molecule has 0 aliphatic carbocycles. The zero-order valence-corrected chi connectivity index (χ0v) is 15.1. The summed E-state index contributed by atoms with van der Waals surface area (Å²) in [6, 6.07) is 11.2. The Bertz CT molecular complexity index is 811. The molecule has 0 saturated carbocycles. The lowest BCUT2D eigenvalue weighted by atomic mass is 10.1. The molecule has 2 aromatic heterocycles. The Morgan fingerprint density at radius 2 is 2.04 bits per heavy atom. The molecule has 124 valence electrons. The minimum atomic E-state index is 0.0611. The van der Waals surface area contributed by atoms with Gasteiger partial charge in [0.15, 0.2) is 16.8 Å². The largest absolute Gasteiger partial charge is 0.497 e. The van der Waals surface area contributed by atoms with Crippen LogP contribution in [0.15, 0.2) is 46.9 Å². The van der Waals surface area contributed by atoms with Gasteiger partial charge in [0, 0.05) is 12.1 Å². The maximum absolute atomic E-state index is 12.3. The van der Waals surface area contributed by atoms with E-state index in [9.17, 15) is 4.79 Å². The zero-order valence-electron chi connectivity index (χ0n) is 13.4. The first-order valence-corrected chi connectivity index (χ1v) is 9.36. The smallest absolute Gasteiger partial charge is 0.191 e. The predicted molar refractivity (Wildman–Crippen MR) is 97.1 cm³/mol. The molecule has 0 amide bonds. The monoisotopic (exact) mass is 359 g/mol. The second-order valence-corrected chi connectivity index (χ2v) is 6.86. The number of methoxy groups -OCH3 is 1. The van der Waals surface area contributed by atoms with Crippen LogP contribution in [-0.4, -0.2) is 33.4 Å². The molecule has 0 saturated heterocycles. The van der Waals surface area contributed by atoms with E-state index in [1.54, 1.807) is 42.7 Å². The third kappa shape index (κ3) is 3.52. The molecular weight excluding hydrogens is 342 g/mol. The van der Waals surface area contributed by atoms with Crippen molar-refractivity contribution in [2.75, 3.05) is 12.9 Å². The maximum Gasteiger partial charge on any atom is 0.191 e. The standard InChI is InChI=1S/C17H17N3O2S2/c1-3-20-16(15-5-4-10-23-15)18-19-17(20)24-11-14(21)12-6-8-13(22-2)9-7-12/h4-10H,3,11H2,1-2H3. The second-order valence-electron chi connectivity index (χ2n) is 4.97. The van der Waals surface area contributed by atoms with E-state index in [2.05, 4.69) is 17.1 Å². The van der Waals surface area contributed by atoms with E-state index < -0.39 is 0 Å². The molecule has 3 rings (SSSR count). The van der Waals surface area contributed by atoms with Crippen molar-refractivity contribution in [3.8, 4) is 16.5 Å². The molecule has 24 heavy (non-hydrogen) atoms. The highest BCUT2D eigenvalue weighted by Crippen LogP contribution is 2.27. The lowest BCUT2D eigenvalue weighted by molar-refractivity contribution is 0.102. The second kappa shape index (κ2) is 7.63. The summed E-state index contributed by atoms with van der Waals surface area (Å²) >= 11 is 3.05. The summed E-state index contributed by atoms with van der Waals surface area (Å²) in [7, 11) is 1.61. The fraction of sp³-hybridized carbons (Fsp3) is 0.235. The summed E-state index contributed by atoms with van der Waals surface area (Å²) in [5.74, 6) is 1.98. The van der Waals surface area contributed by atoms with Gasteiger partial charge in [0.25, 0.3) is 0 Å². The number of thioether (sulfide) groups is 1. The fourth-order valence-electron chi connectivity index (χ4n) is 2.26. The molecule has 0 unspecified atom stereocenters. The Morgan fingerprint density at radius 3 is 2.67 bits per heavy atom. The van der Waals surface area contributed by atoms with Crippen LogP contribution in [0.1, 0.15) is 17.3 Å². The Balaban J connectivity index is 1.71. The van der Waals surface area contributed by atoms with E-state index in [4.69, 9.17) is 4.74 Å². The van der Waals surface area contributed by atoms with Gasteiger partial charge in [-0.1, -0.05) is 17.8 Å². The molecular formula is C17H17N3O2S2. The molecule has 0 radical (unpaired) electrons. The Labute approximate surface area is 148 Å². The van der Waals surface area contributed by atoms with Gasteiger partial charge in [0.2, 0.25) is 0 Å². The summed E-state index contributed by atoms with van der Waals surface area (Å²) in [6.45, 7) is 2.81. The van der Waals surface area contributed by atoms with E-state index in [0.717, 1.165) is 28.2 Å². The van der Waals surface area contributed by atoms with Gasteiger partial charge >= 0.3 is 0 Å². The molecule has 0 aliphatic rings. The summed E-state index contributed by atoms with van der Waals surface area (Å²) in [5, 5.41) is 11.3. The van der Waals surface area contributed by atoms with Gasteiger partial charge in [-0.2, -0.15) is 0 Å². The molecule has 3 aromatic rings. The number of benzene rings is 1. The number of aromatic nitrogens is 3. The molecule has 0 atom stereocenters. The Morgan fingerprint density at radius 1 is 1.25 bits per heavy atom. The predicted octanol–water partition coefficient (Wildman–Crippen LogP) is 4.01. The third-order valence-corrected chi connectivity index (χ3v) is 5.35. The van der Waals surface area contributed by atoms with Gasteiger partial charge in [-0.15, -0.1) is 21.5 Å². The van der Waals surface area contributed by atoms with Crippen molar-refractivity contribution in [3.05, 3.63) is 47.3 Å². The van der Waals surface area contributed by atoms with Crippen LogP contribution >= 0.6 is 23.1 Å². The molecule has 2 heterocycles. The number of Topliss-reactive ketones (excluding diaryl/α,β-unsaturated/α-hetero) is 1. The molecule has 0 spiro atoms. The van der Waals surface area contributed by atoms with Crippen LogP contribution < -0.4 is 4.74 Å². The molecule has 0 bridgehead atoms. The lowest BCUT2D eigenvalue weighted by Gasteiger charge is -2.06. The SMILES string of the molecule is CCn1c(SCC(=O)c2ccc(OC)cc2)nnc1-c1cccs1. The van der Waals surface area contributed by atoms with Crippen molar-refractivity contribution in [2.24, 2.45) is 0 Å². The number of rotatable bonds is 7.